The Morgan fingerprint density at radius 2 is 1.66 bits per heavy atom. The van der Waals surface area contributed by atoms with Gasteiger partial charge in [0.25, 0.3) is 0 Å². The van der Waals surface area contributed by atoms with Gasteiger partial charge in [0.2, 0.25) is 5.91 Å². The molecule has 6 heteroatoms. The summed E-state index contributed by atoms with van der Waals surface area (Å²) >= 11 is 0. The van der Waals surface area contributed by atoms with Crippen LogP contribution in [0.1, 0.15) is 21.7 Å². The van der Waals surface area contributed by atoms with Gasteiger partial charge >= 0.3 is 0 Å². The molecule has 1 fully saturated rings. The predicted octanol–water partition coefficient (Wildman–Crippen LogP) is 2.73. The van der Waals surface area contributed by atoms with Crippen LogP contribution in [0.4, 0.5) is 5.69 Å². The van der Waals surface area contributed by atoms with Crippen molar-refractivity contribution in [1.29, 1.82) is 0 Å². The smallest absolute Gasteiger partial charge is 0.238 e. The molecular formula is C23H30N4O2. The van der Waals surface area contributed by atoms with E-state index in [0.29, 0.717) is 19.6 Å². The van der Waals surface area contributed by atoms with Crippen LogP contribution in [0.3, 0.4) is 0 Å². The molecule has 1 aromatic carbocycles. The standard InChI is InChI=1S/C23H30N4O2/c1-4-10-27-18(2)15-21(19(27)3)22(28)16-25-11-13-26(14-12-25)17-23(29)24-20-8-6-5-7-9-20/h4-9,15H,1,10-14,16-17H2,2-3H3,(H,24,29). The number of amides is 1. The average Bonchev–Trinajstić information content (AvgIpc) is 2.99. The lowest BCUT2D eigenvalue weighted by Crippen LogP contribution is -2.49. The van der Waals surface area contributed by atoms with E-state index in [1.807, 2.05) is 56.3 Å². The largest absolute Gasteiger partial charge is 0.345 e. The molecule has 0 atom stereocenters. The van der Waals surface area contributed by atoms with Gasteiger partial charge in [-0.15, -0.1) is 6.58 Å². The van der Waals surface area contributed by atoms with E-state index in [-0.39, 0.29) is 11.7 Å². The molecule has 1 aliphatic rings. The monoisotopic (exact) mass is 394 g/mol. The number of Topliss-reactive ketones (excluding diaryl/α,β-unsaturated/α-hetero) is 1. The Kier molecular flexibility index (Phi) is 7.01. The van der Waals surface area contributed by atoms with Crippen molar-refractivity contribution in [3.8, 4) is 0 Å². The van der Waals surface area contributed by atoms with E-state index in [1.165, 1.54) is 0 Å². The second kappa shape index (κ2) is 9.67. The fourth-order valence-corrected chi connectivity index (χ4v) is 3.81. The minimum Gasteiger partial charge on any atom is -0.345 e. The van der Waals surface area contributed by atoms with E-state index in [4.69, 9.17) is 0 Å². The van der Waals surface area contributed by atoms with Gasteiger partial charge in [0.15, 0.2) is 5.78 Å². The van der Waals surface area contributed by atoms with Crippen LogP contribution in [0.2, 0.25) is 0 Å². The summed E-state index contributed by atoms with van der Waals surface area (Å²) in [5.41, 5.74) is 3.70. The molecule has 29 heavy (non-hydrogen) atoms. The molecule has 1 aromatic heterocycles. The number of anilines is 1. The van der Waals surface area contributed by atoms with E-state index in [9.17, 15) is 9.59 Å². The van der Waals surface area contributed by atoms with Crippen LogP contribution in [0.25, 0.3) is 0 Å². The molecule has 0 bridgehead atoms. The summed E-state index contributed by atoms with van der Waals surface area (Å²) in [6.45, 7) is 12.5. The van der Waals surface area contributed by atoms with E-state index in [2.05, 4.69) is 26.3 Å². The maximum absolute atomic E-state index is 12.8. The number of aryl methyl sites for hydroxylation is 1. The number of nitrogens with zero attached hydrogens (tertiary/aromatic N) is 3. The number of benzene rings is 1. The molecule has 0 spiro atoms. The molecule has 1 saturated heterocycles. The lowest BCUT2D eigenvalue weighted by Gasteiger charge is -2.33. The zero-order valence-electron chi connectivity index (χ0n) is 17.4. The first kappa shape index (κ1) is 21.0. The van der Waals surface area contributed by atoms with Gasteiger partial charge in [0, 0.05) is 55.4 Å². The second-order valence-electron chi connectivity index (χ2n) is 7.57. The van der Waals surface area contributed by atoms with Crippen molar-refractivity contribution in [1.82, 2.24) is 14.4 Å². The molecular weight excluding hydrogens is 364 g/mol. The van der Waals surface area contributed by atoms with Gasteiger partial charge in [0.05, 0.1) is 13.1 Å². The Balaban J connectivity index is 1.47. The normalized spacial score (nSPS) is 15.2. The van der Waals surface area contributed by atoms with Crippen molar-refractivity contribution in [3.05, 3.63) is 66.0 Å². The number of hydrogen-bond acceptors (Lipinski definition) is 4. The number of rotatable bonds is 8. The van der Waals surface area contributed by atoms with Crippen LogP contribution in [0.15, 0.2) is 49.1 Å². The minimum atomic E-state index is -0.00427. The van der Waals surface area contributed by atoms with E-state index in [1.54, 1.807) is 0 Å². The summed E-state index contributed by atoms with van der Waals surface area (Å²) in [6.07, 6.45) is 1.85. The zero-order valence-corrected chi connectivity index (χ0v) is 17.4. The highest BCUT2D eigenvalue weighted by molar-refractivity contribution is 5.99. The molecule has 1 amide bonds. The number of piperazine rings is 1. The maximum atomic E-state index is 12.8. The van der Waals surface area contributed by atoms with Crippen molar-refractivity contribution in [2.45, 2.75) is 20.4 Å². The van der Waals surface area contributed by atoms with Gasteiger partial charge in [0.1, 0.15) is 0 Å². The Bertz CT molecular complexity index is 865. The number of hydrogen-bond donors (Lipinski definition) is 1. The van der Waals surface area contributed by atoms with Crippen molar-refractivity contribution in [3.63, 3.8) is 0 Å². The summed E-state index contributed by atoms with van der Waals surface area (Å²) in [4.78, 5) is 29.3. The highest BCUT2D eigenvalue weighted by Gasteiger charge is 2.23. The second-order valence-corrected chi connectivity index (χ2v) is 7.57. The molecule has 154 valence electrons. The minimum absolute atomic E-state index is 0.00427. The molecule has 3 rings (SSSR count). The SMILES string of the molecule is C=CCn1c(C)cc(C(=O)CN2CCN(CC(=O)Nc3ccccc3)CC2)c1C. The molecule has 1 N–H and O–H groups in total. The van der Waals surface area contributed by atoms with E-state index >= 15 is 0 Å². The fourth-order valence-electron chi connectivity index (χ4n) is 3.81. The Morgan fingerprint density at radius 1 is 1.03 bits per heavy atom. The highest BCUT2D eigenvalue weighted by atomic mass is 16.2. The van der Waals surface area contributed by atoms with Gasteiger partial charge in [-0.1, -0.05) is 24.3 Å². The third-order valence-corrected chi connectivity index (χ3v) is 5.44. The van der Waals surface area contributed by atoms with Crippen LogP contribution < -0.4 is 5.32 Å². The van der Waals surface area contributed by atoms with Crippen LogP contribution in [-0.2, 0) is 11.3 Å². The van der Waals surface area contributed by atoms with Gasteiger partial charge in [-0.2, -0.15) is 0 Å². The average molecular weight is 395 g/mol. The summed E-state index contributed by atoms with van der Waals surface area (Å²) in [5.74, 6) is 0.152. The number of aromatic nitrogens is 1. The maximum Gasteiger partial charge on any atom is 0.238 e. The van der Waals surface area contributed by atoms with Crippen LogP contribution in [-0.4, -0.2) is 65.3 Å². The number of para-hydroxylation sites is 1. The van der Waals surface area contributed by atoms with E-state index in [0.717, 1.165) is 48.8 Å². The third kappa shape index (κ3) is 5.43. The fraction of sp³-hybridized carbons (Fsp3) is 0.391. The molecule has 0 unspecified atom stereocenters. The Morgan fingerprint density at radius 3 is 2.28 bits per heavy atom. The van der Waals surface area contributed by atoms with Crippen molar-refractivity contribution >= 4 is 17.4 Å². The van der Waals surface area contributed by atoms with Crippen molar-refractivity contribution < 1.29 is 9.59 Å². The number of ketones is 1. The summed E-state index contributed by atoms with van der Waals surface area (Å²) in [5, 5.41) is 2.92. The molecule has 0 saturated carbocycles. The Hall–Kier alpha value is -2.70. The van der Waals surface area contributed by atoms with Crippen LogP contribution >= 0.6 is 0 Å². The number of nitrogens with one attached hydrogen (secondary N) is 1. The number of allylic oxidation sites excluding steroid dienone is 1. The zero-order chi connectivity index (χ0) is 20.8. The van der Waals surface area contributed by atoms with Gasteiger partial charge in [-0.05, 0) is 32.0 Å². The molecule has 6 nitrogen and oxygen atoms in total. The molecule has 2 heterocycles. The summed E-state index contributed by atoms with van der Waals surface area (Å²) in [7, 11) is 0. The number of carbonyl (C=O) groups is 2. The lowest BCUT2D eigenvalue weighted by atomic mass is 10.1. The van der Waals surface area contributed by atoms with Gasteiger partial charge in [-0.3, -0.25) is 19.4 Å². The summed E-state index contributed by atoms with van der Waals surface area (Å²) < 4.78 is 2.11. The van der Waals surface area contributed by atoms with Crippen LogP contribution in [0, 0.1) is 13.8 Å². The lowest BCUT2D eigenvalue weighted by molar-refractivity contribution is -0.117. The first-order valence-electron chi connectivity index (χ1n) is 10.1. The quantitative estimate of drug-likeness (QED) is 0.553. The topological polar surface area (TPSA) is 57.6 Å². The van der Waals surface area contributed by atoms with Crippen molar-refractivity contribution in [2.24, 2.45) is 0 Å². The van der Waals surface area contributed by atoms with Gasteiger partial charge < -0.3 is 9.88 Å². The third-order valence-electron chi connectivity index (χ3n) is 5.44. The van der Waals surface area contributed by atoms with E-state index < -0.39 is 0 Å². The first-order chi connectivity index (χ1) is 14.0. The molecule has 0 radical (unpaired) electrons. The highest BCUT2D eigenvalue weighted by Crippen LogP contribution is 2.17. The molecule has 1 aliphatic heterocycles. The summed E-state index contributed by atoms with van der Waals surface area (Å²) in [6, 6.07) is 11.5. The van der Waals surface area contributed by atoms with Crippen LogP contribution in [0.5, 0.6) is 0 Å². The van der Waals surface area contributed by atoms with Crippen molar-refractivity contribution in [2.75, 3.05) is 44.6 Å². The predicted molar refractivity (Wildman–Crippen MR) is 116 cm³/mol. The Labute approximate surface area is 172 Å². The molecule has 2 aromatic rings. The number of carbonyl (C=O) groups excluding carboxylic acids is 2. The van der Waals surface area contributed by atoms with Gasteiger partial charge in [-0.25, -0.2) is 0 Å². The first-order valence-corrected chi connectivity index (χ1v) is 10.1. The molecule has 0 aliphatic carbocycles.